The van der Waals surface area contributed by atoms with Crippen LogP contribution in [-0.4, -0.2) is 65.1 Å². The Bertz CT molecular complexity index is 924. The molecule has 2 unspecified atom stereocenters. The van der Waals surface area contributed by atoms with E-state index in [1.165, 1.54) is 12.8 Å². The highest BCUT2D eigenvalue weighted by Crippen LogP contribution is 2.38. The number of H-pyrrole nitrogens is 1. The minimum Gasteiger partial charge on any atom is -0.383 e. The van der Waals surface area contributed by atoms with Gasteiger partial charge in [-0.25, -0.2) is 0 Å². The molecule has 1 aromatic carbocycles. The first-order valence-corrected chi connectivity index (χ1v) is 10.7. The number of para-hydroxylation sites is 1. The van der Waals surface area contributed by atoms with Crippen LogP contribution in [-0.2, 0) is 4.74 Å². The predicted octanol–water partition coefficient (Wildman–Crippen LogP) is 3.02. The van der Waals surface area contributed by atoms with E-state index in [1.807, 2.05) is 43.0 Å². The number of aromatic nitrogens is 1. The fraction of sp³-hybridized carbons (Fsp3) is 0.565. The SMILES string of the molecule is COCCN1C2CCC1CC(N(C(=O)c1cc3ccccc3[nH]c1=O)C(C)C)C2. The molecule has 2 saturated heterocycles. The Morgan fingerprint density at radius 3 is 2.59 bits per heavy atom. The molecule has 2 aliphatic heterocycles. The maximum Gasteiger partial charge on any atom is 0.261 e. The molecule has 6 heteroatoms. The van der Waals surface area contributed by atoms with E-state index < -0.39 is 0 Å². The Labute approximate surface area is 171 Å². The van der Waals surface area contributed by atoms with E-state index in [2.05, 4.69) is 9.88 Å². The number of carbonyl (C=O) groups is 1. The van der Waals surface area contributed by atoms with Gasteiger partial charge in [-0.1, -0.05) is 18.2 Å². The number of rotatable bonds is 6. The quantitative estimate of drug-likeness (QED) is 0.814. The summed E-state index contributed by atoms with van der Waals surface area (Å²) < 4.78 is 5.28. The highest BCUT2D eigenvalue weighted by atomic mass is 16.5. The number of piperidine rings is 1. The third-order valence-electron chi connectivity index (χ3n) is 6.58. The largest absolute Gasteiger partial charge is 0.383 e. The summed E-state index contributed by atoms with van der Waals surface area (Å²) in [6, 6.07) is 10.5. The highest BCUT2D eigenvalue weighted by Gasteiger charge is 2.43. The first-order valence-electron chi connectivity index (χ1n) is 10.7. The van der Waals surface area contributed by atoms with Crippen LogP contribution in [0.15, 0.2) is 35.1 Å². The zero-order chi connectivity index (χ0) is 20.5. The van der Waals surface area contributed by atoms with E-state index in [0.29, 0.717) is 12.1 Å². The van der Waals surface area contributed by atoms with Gasteiger partial charge in [-0.15, -0.1) is 0 Å². The summed E-state index contributed by atoms with van der Waals surface area (Å²) in [5.41, 5.74) is 0.695. The maximum absolute atomic E-state index is 13.5. The van der Waals surface area contributed by atoms with Gasteiger partial charge < -0.3 is 14.6 Å². The van der Waals surface area contributed by atoms with Gasteiger partial charge in [0.1, 0.15) is 5.56 Å². The summed E-state index contributed by atoms with van der Waals surface area (Å²) in [6.07, 6.45) is 4.30. The van der Waals surface area contributed by atoms with E-state index in [-0.39, 0.29) is 29.1 Å². The number of methoxy groups -OCH3 is 1. The van der Waals surface area contributed by atoms with Crippen molar-refractivity contribution in [1.29, 1.82) is 0 Å². The smallest absolute Gasteiger partial charge is 0.261 e. The number of aromatic amines is 1. The summed E-state index contributed by atoms with van der Waals surface area (Å²) in [7, 11) is 1.74. The van der Waals surface area contributed by atoms with E-state index in [1.54, 1.807) is 13.2 Å². The maximum atomic E-state index is 13.5. The third-order valence-corrected chi connectivity index (χ3v) is 6.58. The van der Waals surface area contributed by atoms with E-state index in [4.69, 9.17) is 4.74 Å². The molecule has 4 rings (SSSR count). The number of nitrogens with one attached hydrogen (secondary N) is 1. The summed E-state index contributed by atoms with van der Waals surface area (Å²) in [5, 5.41) is 0.883. The average molecular weight is 398 g/mol. The molecule has 0 spiro atoms. The van der Waals surface area contributed by atoms with Gasteiger partial charge in [0.2, 0.25) is 0 Å². The number of hydrogen-bond acceptors (Lipinski definition) is 4. The van der Waals surface area contributed by atoms with Crippen molar-refractivity contribution in [1.82, 2.24) is 14.8 Å². The summed E-state index contributed by atoms with van der Waals surface area (Å²) in [4.78, 5) is 33.6. The average Bonchev–Trinajstić information content (AvgIpc) is 2.93. The molecular formula is C23H31N3O3. The summed E-state index contributed by atoms with van der Waals surface area (Å²) in [5.74, 6) is -0.151. The fourth-order valence-corrected chi connectivity index (χ4v) is 5.30. The summed E-state index contributed by atoms with van der Waals surface area (Å²) >= 11 is 0. The molecule has 3 heterocycles. The van der Waals surface area contributed by atoms with Crippen LogP contribution in [0, 0.1) is 0 Å². The zero-order valence-corrected chi connectivity index (χ0v) is 17.6. The molecule has 0 aliphatic carbocycles. The first-order chi connectivity index (χ1) is 14.0. The van der Waals surface area contributed by atoms with Crippen molar-refractivity contribution >= 4 is 16.8 Å². The molecule has 0 radical (unpaired) electrons. The topological polar surface area (TPSA) is 65.6 Å². The van der Waals surface area contributed by atoms with Crippen LogP contribution < -0.4 is 5.56 Å². The molecule has 1 amide bonds. The Morgan fingerprint density at radius 2 is 1.93 bits per heavy atom. The number of pyridine rings is 1. The fourth-order valence-electron chi connectivity index (χ4n) is 5.30. The number of hydrogen-bond donors (Lipinski definition) is 1. The second-order valence-corrected chi connectivity index (χ2v) is 8.65. The van der Waals surface area contributed by atoms with Crippen molar-refractivity contribution in [3.63, 3.8) is 0 Å². The highest BCUT2D eigenvalue weighted by molar-refractivity contribution is 5.97. The molecule has 2 bridgehead atoms. The molecule has 6 nitrogen and oxygen atoms in total. The van der Waals surface area contributed by atoms with Gasteiger partial charge in [0, 0.05) is 43.3 Å². The van der Waals surface area contributed by atoms with E-state index in [9.17, 15) is 9.59 Å². The van der Waals surface area contributed by atoms with Crippen LogP contribution in [0.4, 0.5) is 0 Å². The Balaban J connectivity index is 1.60. The van der Waals surface area contributed by atoms with Gasteiger partial charge in [0.15, 0.2) is 0 Å². The lowest BCUT2D eigenvalue weighted by molar-refractivity contribution is 0.0253. The summed E-state index contributed by atoms with van der Waals surface area (Å²) in [6.45, 7) is 5.80. The molecule has 2 aromatic rings. The van der Waals surface area contributed by atoms with Crippen molar-refractivity contribution in [2.45, 2.75) is 63.7 Å². The first kappa shape index (κ1) is 20.1. The van der Waals surface area contributed by atoms with Gasteiger partial charge >= 0.3 is 0 Å². The molecule has 2 aliphatic rings. The van der Waals surface area contributed by atoms with Gasteiger partial charge in [-0.05, 0) is 57.0 Å². The Kier molecular flexibility index (Phi) is 5.74. The number of nitrogens with zero attached hydrogens (tertiary/aromatic N) is 2. The normalized spacial score (nSPS) is 24.3. The van der Waals surface area contributed by atoms with Gasteiger partial charge in [-0.3, -0.25) is 14.5 Å². The van der Waals surface area contributed by atoms with Crippen LogP contribution >= 0.6 is 0 Å². The van der Waals surface area contributed by atoms with Crippen molar-refractivity contribution < 1.29 is 9.53 Å². The second-order valence-electron chi connectivity index (χ2n) is 8.65. The van der Waals surface area contributed by atoms with Crippen molar-refractivity contribution in [2.24, 2.45) is 0 Å². The number of ether oxygens (including phenoxy) is 1. The minimum absolute atomic E-state index is 0.0447. The van der Waals surface area contributed by atoms with Crippen molar-refractivity contribution in [3.8, 4) is 0 Å². The van der Waals surface area contributed by atoms with Gasteiger partial charge in [-0.2, -0.15) is 0 Å². The van der Waals surface area contributed by atoms with Crippen LogP contribution in [0.5, 0.6) is 0 Å². The third kappa shape index (κ3) is 3.83. The number of fused-ring (bicyclic) bond motifs is 3. The van der Waals surface area contributed by atoms with Crippen LogP contribution in [0.1, 0.15) is 49.9 Å². The molecule has 29 heavy (non-hydrogen) atoms. The lowest BCUT2D eigenvalue weighted by Crippen LogP contribution is -2.55. The van der Waals surface area contributed by atoms with E-state index in [0.717, 1.165) is 36.9 Å². The predicted molar refractivity (Wildman–Crippen MR) is 114 cm³/mol. The zero-order valence-electron chi connectivity index (χ0n) is 17.6. The van der Waals surface area contributed by atoms with Crippen molar-refractivity contribution in [2.75, 3.05) is 20.3 Å². The van der Waals surface area contributed by atoms with Crippen LogP contribution in [0.3, 0.4) is 0 Å². The minimum atomic E-state index is -0.306. The number of amides is 1. The molecule has 2 fully saturated rings. The Hall–Kier alpha value is -2.18. The Morgan fingerprint density at radius 1 is 1.24 bits per heavy atom. The molecule has 1 aromatic heterocycles. The molecule has 0 saturated carbocycles. The lowest BCUT2D eigenvalue weighted by atomic mass is 9.94. The number of carbonyl (C=O) groups excluding carboxylic acids is 1. The van der Waals surface area contributed by atoms with Gasteiger partial charge in [0.25, 0.3) is 11.5 Å². The van der Waals surface area contributed by atoms with Crippen molar-refractivity contribution in [3.05, 3.63) is 46.2 Å². The van der Waals surface area contributed by atoms with E-state index >= 15 is 0 Å². The molecule has 156 valence electrons. The van der Waals surface area contributed by atoms with Crippen LogP contribution in [0.2, 0.25) is 0 Å². The molecular weight excluding hydrogens is 366 g/mol. The van der Waals surface area contributed by atoms with Crippen LogP contribution in [0.25, 0.3) is 10.9 Å². The standard InChI is InChI=1S/C23H31N3O3/c1-15(2)26(19-13-17-8-9-18(14-19)25(17)10-11-29-3)23(28)20-12-16-6-4-5-7-21(16)24-22(20)27/h4-7,12,15,17-19H,8-11,13-14H2,1-3H3,(H,24,27). The lowest BCUT2D eigenvalue weighted by Gasteiger charge is -2.44. The van der Waals surface area contributed by atoms with Gasteiger partial charge in [0.05, 0.1) is 6.61 Å². The second kappa shape index (κ2) is 8.28. The molecule has 1 N–H and O–H groups in total. The number of benzene rings is 1. The monoisotopic (exact) mass is 397 g/mol. The molecule has 2 atom stereocenters.